The van der Waals surface area contributed by atoms with E-state index < -0.39 is 0 Å². The van der Waals surface area contributed by atoms with E-state index in [4.69, 9.17) is 4.74 Å². The Bertz CT molecular complexity index is 786. The lowest BCUT2D eigenvalue weighted by Crippen LogP contribution is -2.43. The Morgan fingerprint density at radius 1 is 1.08 bits per heavy atom. The van der Waals surface area contributed by atoms with Crippen LogP contribution in [0.15, 0.2) is 36.4 Å². The van der Waals surface area contributed by atoms with Crippen molar-refractivity contribution in [3.8, 4) is 5.75 Å². The van der Waals surface area contributed by atoms with Crippen molar-refractivity contribution >= 4 is 22.6 Å². The Kier molecular flexibility index (Phi) is 6.61. The van der Waals surface area contributed by atoms with E-state index in [-0.39, 0.29) is 30.3 Å². The topological polar surface area (TPSA) is 58.6 Å². The van der Waals surface area contributed by atoms with Gasteiger partial charge in [0.05, 0.1) is 19.6 Å². The van der Waals surface area contributed by atoms with E-state index in [9.17, 15) is 9.59 Å². The van der Waals surface area contributed by atoms with Crippen molar-refractivity contribution in [3.63, 3.8) is 0 Å². The highest BCUT2D eigenvalue weighted by molar-refractivity contribution is 5.90. The zero-order chi connectivity index (χ0) is 19.3. The Hall–Kier alpha value is -2.56. The molecule has 2 aromatic rings. The molecule has 1 N–H and O–H groups in total. The van der Waals surface area contributed by atoms with Crippen molar-refractivity contribution in [2.45, 2.75) is 39.7 Å². The van der Waals surface area contributed by atoms with Crippen molar-refractivity contribution in [3.05, 3.63) is 42.0 Å². The maximum Gasteiger partial charge on any atom is 0.239 e. The van der Waals surface area contributed by atoms with Crippen LogP contribution in [0.4, 0.5) is 0 Å². The molecule has 2 aromatic carbocycles. The lowest BCUT2D eigenvalue weighted by atomic mass is 9.96. The van der Waals surface area contributed by atoms with Crippen LogP contribution in [0.25, 0.3) is 10.8 Å². The first-order valence-corrected chi connectivity index (χ1v) is 9.01. The fraction of sp³-hybridized carbons (Fsp3) is 0.429. The summed E-state index contributed by atoms with van der Waals surface area (Å²) < 4.78 is 5.25. The lowest BCUT2D eigenvalue weighted by molar-refractivity contribution is -0.137. The number of amides is 2. The quantitative estimate of drug-likeness (QED) is 0.828. The number of benzene rings is 2. The predicted molar refractivity (Wildman–Crippen MR) is 104 cm³/mol. The van der Waals surface area contributed by atoms with Crippen LogP contribution in [0.2, 0.25) is 0 Å². The summed E-state index contributed by atoms with van der Waals surface area (Å²) in [5, 5.41) is 4.96. The largest absolute Gasteiger partial charge is 0.497 e. The number of nitrogens with one attached hydrogen (secondary N) is 1. The minimum Gasteiger partial charge on any atom is -0.497 e. The molecule has 0 aromatic heterocycles. The Balaban J connectivity index is 2.17. The summed E-state index contributed by atoms with van der Waals surface area (Å²) >= 11 is 0. The number of likely N-dealkylation sites (N-methyl/N-ethyl adjacent to an activating group) is 1. The molecule has 140 valence electrons. The van der Waals surface area contributed by atoms with Crippen LogP contribution in [0.5, 0.6) is 5.75 Å². The number of carbonyl (C=O) groups is 2. The van der Waals surface area contributed by atoms with Crippen LogP contribution >= 0.6 is 0 Å². The molecule has 2 rings (SSSR count). The van der Waals surface area contributed by atoms with E-state index in [1.807, 2.05) is 64.1 Å². The predicted octanol–water partition coefficient (Wildman–Crippen LogP) is 3.33. The van der Waals surface area contributed by atoms with Gasteiger partial charge < -0.3 is 15.0 Å². The molecule has 0 radical (unpaired) electrons. The van der Waals surface area contributed by atoms with Gasteiger partial charge in [0.1, 0.15) is 5.75 Å². The van der Waals surface area contributed by atoms with Crippen molar-refractivity contribution < 1.29 is 14.3 Å². The normalized spacial score (nSPS) is 12.1. The maximum absolute atomic E-state index is 12.9. The SMILES string of the molecule is CCN(CC(=O)NC(C)C)C(=O)C(C)c1ccc2cc(OC)ccc2c1. The molecule has 0 aliphatic carbocycles. The van der Waals surface area contributed by atoms with Gasteiger partial charge in [-0.3, -0.25) is 9.59 Å². The van der Waals surface area contributed by atoms with Gasteiger partial charge in [0, 0.05) is 12.6 Å². The third kappa shape index (κ3) is 4.75. The molecule has 0 fully saturated rings. The van der Waals surface area contributed by atoms with Gasteiger partial charge in [-0.05, 0) is 56.2 Å². The molecule has 0 bridgehead atoms. The zero-order valence-corrected chi connectivity index (χ0v) is 16.2. The van der Waals surface area contributed by atoms with Crippen LogP contribution in [-0.4, -0.2) is 43.0 Å². The number of methoxy groups -OCH3 is 1. The monoisotopic (exact) mass is 356 g/mol. The molecule has 1 atom stereocenters. The number of hydrogen-bond donors (Lipinski definition) is 1. The second-order valence-electron chi connectivity index (χ2n) is 6.77. The Morgan fingerprint density at radius 3 is 2.35 bits per heavy atom. The van der Waals surface area contributed by atoms with E-state index in [0.717, 1.165) is 22.1 Å². The standard InChI is InChI=1S/C21H28N2O3/c1-6-23(13-20(24)22-14(2)3)21(25)15(4)16-7-8-18-12-19(26-5)10-9-17(18)11-16/h7-12,14-15H,6,13H2,1-5H3,(H,22,24). The van der Waals surface area contributed by atoms with Gasteiger partial charge in [0.2, 0.25) is 11.8 Å². The number of hydrogen-bond acceptors (Lipinski definition) is 3. The average molecular weight is 356 g/mol. The molecular formula is C21H28N2O3. The first kappa shape index (κ1) is 19.8. The van der Waals surface area contributed by atoms with E-state index in [2.05, 4.69) is 5.32 Å². The molecule has 5 heteroatoms. The van der Waals surface area contributed by atoms with Crippen molar-refractivity contribution in [2.24, 2.45) is 0 Å². The summed E-state index contributed by atoms with van der Waals surface area (Å²) in [6.07, 6.45) is 0. The number of nitrogens with zero attached hydrogens (tertiary/aromatic N) is 1. The summed E-state index contributed by atoms with van der Waals surface area (Å²) in [6, 6.07) is 11.9. The van der Waals surface area contributed by atoms with Gasteiger partial charge in [-0.25, -0.2) is 0 Å². The molecule has 0 aliphatic heterocycles. The molecule has 0 aliphatic rings. The van der Waals surface area contributed by atoms with Crippen molar-refractivity contribution in [2.75, 3.05) is 20.2 Å². The minimum absolute atomic E-state index is 0.0423. The van der Waals surface area contributed by atoms with Crippen molar-refractivity contribution in [1.82, 2.24) is 10.2 Å². The van der Waals surface area contributed by atoms with Gasteiger partial charge in [0.25, 0.3) is 0 Å². The van der Waals surface area contributed by atoms with E-state index in [1.165, 1.54) is 0 Å². The first-order valence-electron chi connectivity index (χ1n) is 9.01. The van der Waals surface area contributed by atoms with E-state index >= 15 is 0 Å². The Morgan fingerprint density at radius 2 is 1.73 bits per heavy atom. The van der Waals surface area contributed by atoms with Gasteiger partial charge in [-0.1, -0.05) is 24.3 Å². The minimum atomic E-state index is -0.312. The molecule has 1 unspecified atom stereocenters. The maximum atomic E-state index is 12.9. The summed E-state index contributed by atoms with van der Waals surface area (Å²) in [7, 11) is 1.64. The van der Waals surface area contributed by atoms with Gasteiger partial charge in [-0.2, -0.15) is 0 Å². The molecule has 2 amide bonds. The Labute approximate surface area is 155 Å². The first-order chi connectivity index (χ1) is 12.3. The van der Waals surface area contributed by atoms with E-state index in [0.29, 0.717) is 6.54 Å². The number of rotatable bonds is 7. The fourth-order valence-corrected chi connectivity index (χ4v) is 2.94. The van der Waals surface area contributed by atoms with Crippen LogP contribution < -0.4 is 10.1 Å². The summed E-state index contributed by atoms with van der Waals surface area (Å²) in [6.45, 7) is 8.17. The summed E-state index contributed by atoms with van der Waals surface area (Å²) in [4.78, 5) is 26.5. The average Bonchev–Trinajstić information content (AvgIpc) is 2.63. The zero-order valence-electron chi connectivity index (χ0n) is 16.2. The smallest absolute Gasteiger partial charge is 0.239 e. The second-order valence-corrected chi connectivity index (χ2v) is 6.77. The number of carbonyl (C=O) groups excluding carboxylic acids is 2. The third-order valence-corrected chi connectivity index (χ3v) is 4.42. The molecule has 0 spiro atoms. The molecule has 0 saturated heterocycles. The van der Waals surface area contributed by atoms with Gasteiger partial charge >= 0.3 is 0 Å². The lowest BCUT2D eigenvalue weighted by Gasteiger charge is -2.25. The number of fused-ring (bicyclic) bond motifs is 1. The number of ether oxygens (including phenoxy) is 1. The van der Waals surface area contributed by atoms with Crippen LogP contribution in [-0.2, 0) is 9.59 Å². The third-order valence-electron chi connectivity index (χ3n) is 4.42. The molecule has 0 saturated carbocycles. The second kappa shape index (κ2) is 8.70. The highest BCUT2D eigenvalue weighted by Crippen LogP contribution is 2.26. The van der Waals surface area contributed by atoms with Crippen molar-refractivity contribution in [1.29, 1.82) is 0 Å². The highest BCUT2D eigenvalue weighted by Gasteiger charge is 2.23. The molecule has 0 heterocycles. The molecule has 26 heavy (non-hydrogen) atoms. The van der Waals surface area contributed by atoms with Crippen LogP contribution in [0.1, 0.15) is 39.2 Å². The molecule has 5 nitrogen and oxygen atoms in total. The van der Waals surface area contributed by atoms with Gasteiger partial charge in [-0.15, -0.1) is 0 Å². The van der Waals surface area contributed by atoms with Crippen LogP contribution in [0.3, 0.4) is 0 Å². The molecular weight excluding hydrogens is 328 g/mol. The highest BCUT2D eigenvalue weighted by atomic mass is 16.5. The van der Waals surface area contributed by atoms with Gasteiger partial charge in [0.15, 0.2) is 0 Å². The van der Waals surface area contributed by atoms with Crippen LogP contribution in [0, 0.1) is 0 Å². The summed E-state index contributed by atoms with van der Waals surface area (Å²) in [5.74, 6) is 0.322. The van der Waals surface area contributed by atoms with E-state index in [1.54, 1.807) is 12.0 Å². The fourth-order valence-electron chi connectivity index (χ4n) is 2.94. The summed E-state index contributed by atoms with van der Waals surface area (Å²) in [5.41, 5.74) is 0.940.